The first-order chi connectivity index (χ1) is 6.09. The molecule has 70 valence electrons. The van der Waals surface area contributed by atoms with Crippen molar-refractivity contribution in [2.45, 2.75) is 18.9 Å². The molecule has 4 heteroatoms. The maximum Gasteiger partial charge on any atom is 0.320 e. The summed E-state index contributed by atoms with van der Waals surface area (Å²) in [6, 6.07) is -0.912. The lowest BCUT2D eigenvalue weighted by Crippen LogP contribution is -2.30. The second-order valence-corrected chi connectivity index (χ2v) is 2.98. The van der Waals surface area contributed by atoms with Crippen LogP contribution in [0.4, 0.5) is 0 Å². The van der Waals surface area contributed by atoms with Gasteiger partial charge in [0.15, 0.2) is 5.78 Å². The topological polar surface area (TPSA) is 80.4 Å². The third kappa shape index (κ3) is 2.83. The lowest BCUT2D eigenvalue weighted by molar-refractivity contribution is -0.138. The van der Waals surface area contributed by atoms with E-state index in [0.717, 1.165) is 5.57 Å². The molecule has 0 aromatic rings. The van der Waals surface area contributed by atoms with Crippen molar-refractivity contribution in [3.8, 4) is 0 Å². The molecule has 3 N–H and O–H groups in total. The molecule has 0 spiro atoms. The molecule has 0 aromatic carbocycles. The van der Waals surface area contributed by atoms with Crippen LogP contribution in [0.1, 0.15) is 12.8 Å². The highest BCUT2D eigenvalue weighted by Crippen LogP contribution is 2.14. The summed E-state index contributed by atoms with van der Waals surface area (Å²) in [5.41, 5.74) is 6.10. The van der Waals surface area contributed by atoms with Crippen molar-refractivity contribution in [2.75, 3.05) is 0 Å². The van der Waals surface area contributed by atoms with Crippen molar-refractivity contribution in [3.05, 3.63) is 23.8 Å². The molecule has 0 heterocycles. The summed E-state index contributed by atoms with van der Waals surface area (Å²) >= 11 is 0. The Labute approximate surface area is 75.7 Å². The Morgan fingerprint density at radius 1 is 1.69 bits per heavy atom. The van der Waals surface area contributed by atoms with Gasteiger partial charge in [0, 0.05) is 6.42 Å². The van der Waals surface area contributed by atoms with Gasteiger partial charge in [0.2, 0.25) is 0 Å². The van der Waals surface area contributed by atoms with Gasteiger partial charge in [-0.25, -0.2) is 0 Å². The Hall–Kier alpha value is -1.42. The Morgan fingerprint density at radius 3 is 2.92 bits per heavy atom. The molecule has 0 unspecified atom stereocenters. The minimum Gasteiger partial charge on any atom is -0.480 e. The summed E-state index contributed by atoms with van der Waals surface area (Å²) in [7, 11) is 0. The first-order valence-corrected chi connectivity index (χ1v) is 3.97. The number of carboxylic acids is 1. The summed E-state index contributed by atoms with van der Waals surface area (Å²) in [5, 5.41) is 8.52. The second kappa shape index (κ2) is 4.00. The SMILES string of the molecule is N[C@@H](CC1=CC=CC(=O)C1)C(=O)O. The molecule has 0 bridgehead atoms. The molecule has 0 aliphatic heterocycles. The van der Waals surface area contributed by atoms with Gasteiger partial charge in [0.1, 0.15) is 6.04 Å². The van der Waals surface area contributed by atoms with Gasteiger partial charge >= 0.3 is 5.97 Å². The molecule has 4 nitrogen and oxygen atoms in total. The lowest BCUT2D eigenvalue weighted by Gasteiger charge is -2.10. The highest BCUT2D eigenvalue weighted by molar-refractivity contribution is 5.93. The van der Waals surface area contributed by atoms with Crippen molar-refractivity contribution in [2.24, 2.45) is 5.73 Å². The second-order valence-electron chi connectivity index (χ2n) is 2.98. The molecule has 13 heavy (non-hydrogen) atoms. The van der Waals surface area contributed by atoms with E-state index in [-0.39, 0.29) is 18.6 Å². The Bertz CT molecular complexity index is 291. The van der Waals surface area contributed by atoms with Gasteiger partial charge in [-0.05, 0) is 12.5 Å². The number of ketones is 1. The number of carboxylic acid groups (broad SMARTS) is 1. The summed E-state index contributed by atoms with van der Waals surface area (Å²) in [6.07, 6.45) is 5.36. The molecule has 1 atom stereocenters. The molecular formula is C9H11NO3. The minimum atomic E-state index is -1.04. The Balaban J connectivity index is 2.55. The quantitative estimate of drug-likeness (QED) is 0.653. The average molecular weight is 181 g/mol. The highest BCUT2D eigenvalue weighted by Gasteiger charge is 2.15. The van der Waals surface area contributed by atoms with Crippen LogP contribution in [-0.4, -0.2) is 22.9 Å². The molecule has 0 saturated heterocycles. The lowest BCUT2D eigenvalue weighted by atomic mass is 9.98. The van der Waals surface area contributed by atoms with Gasteiger partial charge in [0.25, 0.3) is 0 Å². The summed E-state index contributed by atoms with van der Waals surface area (Å²) in [4.78, 5) is 21.3. The first kappa shape index (κ1) is 9.67. The summed E-state index contributed by atoms with van der Waals surface area (Å²) in [5.74, 6) is -1.04. The van der Waals surface area contributed by atoms with Crippen LogP contribution in [0.5, 0.6) is 0 Å². The first-order valence-electron chi connectivity index (χ1n) is 3.97. The van der Waals surface area contributed by atoms with Crippen molar-refractivity contribution in [1.29, 1.82) is 0 Å². The van der Waals surface area contributed by atoms with E-state index in [2.05, 4.69) is 0 Å². The molecule has 0 aromatic heterocycles. The number of allylic oxidation sites excluding steroid dienone is 3. The predicted molar refractivity (Wildman–Crippen MR) is 47.1 cm³/mol. The smallest absolute Gasteiger partial charge is 0.320 e. The number of carbonyl (C=O) groups is 2. The highest BCUT2D eigenvalue weighted by atomic mass is 16.4. The molecule has 1 aliphatic carbocycles. The van der Waals surface area contributed by atoms with E-state index in [0.29, 0.717) is 0 Å². The van der Waals surface area contributed by atoms with E-state index >= 15 is 0 Å². The number of aliphatic carboxylic acids is 1. The normalized spacial score (nSPS) is 18.2. The number of nitrogens with two attached hydrogens (primary N) is 1. The van der Waals surface area contributed by atoms with Gasteiger partial charge in [0.05, 0.1) is 0 Å². The van der Waals surface area contributed by atoms with Crippen molar-refractivity contribution in [3.63, 3.8) is 0 Å². The number of hydrogen-bond acceptors (Lipinski definition) is 3. The van der Waals surface area contributed by atoms with Crippen LogP contribution in [0.3, 0.4) is 0 Å². The predicted octanol–water partition coefficient (Wildman–Crippen LogP) is 0.244. The van der Waals surface area contributed by atoms with Crippen LogP contribution in [0.25, 0.3) is 0 Å². The minimum absolute atomic E-state index is 0.00455. The van der Waals surface area contributed by atoms with Crippen molar-refractivity contribution >= 4 is 11.8 Å². The monoisotopic (exact) mass is 181 g/mol. The van der Waals surface area contributed by atoms with Crippen LogP contribution in [0.15, 0.2) is 23.8 Å². The fourth-order valence-corrected chi connectivity index (χ4v) is 1.14. The zero-order chi connectivity index (χ0) is 9.84. The van der Waals surface area contributed by atoms with Gasteiger partial charge in [-0.2, -0.15) is 0 Å². The maximum atomic E-state index is 10.9. The van der Waals surface area contributed by atoms with Gasteiger partial charge < -0.3 is 10.8 Å². The fraction of sp³-hybridized carbons (Fsp3) is 0.333. The largest absolute Gasteiger partial charge is 0.480 e. The van der Waals surface area contributed by atoms with E-state index in [1.807, 2.05) is 0 Å². The Morgan fingerprint density at radius 2 is 2.38 bits per heavy atom. The zero-order valence-corrected chi connectivity index (χ0v) is 7.06. The van der Waals surface area contributed by atoms with E-state index in [9.17, 15) is 9.59 Å². The third-order valence-electron chi connectivity index (χ3n) is 1.81. The number of hydrogen-bond donors (Lipinski definition) is 2. The third-order valence-corrected chi connectivity index (χ3v) is 1.81. The molecule has 0 saturated carbocycles. The van der Waals surface area contributed by atoms with Gasteiger partial charge in [-0.3, -0.25) is 9.59 Å². The standard InChI is InChI=1S/C9H11NO3/c10-8(9(12)13)5-6-2-1-3-7(11)4-6/h1-3,8H,4-5,10H2,(H,12,13)/t8-/m0/s1. The van der Waals surface area contributed by atoms with Crippen molar-refractivity contribution in [1.82, 2.24) is 0 Å². The van der Waals surface area contributed by atoms with E-state index in [1.165, 1.54) is 6.08 Å². The van der Waals surface area contributed by atoms with Gasteiger partial charge in [-0.15, -0.1) is 0 Å². The van der Waals surface area contributed by atoms with Crippen LogP contribution in [-0.2, 0) is 9.59 Å². The maximum absolute atomic E-state index is 10.9. The van der Waals surface area contributed by atoms with Crippen LogP contribution in [0.2, 0.25) is 0 Å². The van der Waals surface area contributed by atoms with Crippen molar-refractivity contribution < 1.29 is 14.7 Å². The molecule has 1 rings (SSSR count). The summed E-state index contributed by atoms with van der Waals surface area (Å²) < 4.78 is 0. The van der Waals surface area contributed by atoms with E-state index in [4.69, 9.17) is 10.8 Å². The number of rotatable bonds is 3. The average Bonchev–Trinajstić information content (AvgIpc) is 2.04. The van der Waals surface area contributed by atoms with Crippen LogP contribution in [0, 0.1) is 0 Å². The molecule has 1 aliphatic rings. The zero-order valence-electron chi connectivity index (χ0n) is 7.06. The molecule has 0 fully saturated rings. The number of carbonyl (C=O) groups excluding carboxylic acids is 1. The summed E-state index contributed by atoms with van der Waals surface area (Å²) in [6.45, 7) is 0. The van der Waals surface area contributed by atoms with E-state index < -0.39 is 12.0 Å². The van der Waals surface area contributed by atoms with E-state index in [1.54, 1.807) is 12.2 Å². The van der Waals surface area contributed by atoms with Crippen LogP contribution >= 0.6 is 0 Å². The molecule has 0 radical (unpaired) electrons. The molecule has 0 amide bonds. The van der Waals surface area contributed by atoms with Gasteiger partial charge in [-0.1, -0.05) is 17.7 Å². The molecular weight excluding hydrogens is 170 g/mol. The Kier molecular flexibility index (Phi) is 2.97. The van der Waals surface area contributed by atoms with Crippen LogP contribution < -0.4 is 5.73 Å². The fourth-order valence-electron chi connectivity index (χ4n) is 1.14.